The van der Waals surface area contributed by atoms with Gasteiger partial charge in [-0.05, 0) is 38.0 Å². The van der Waals surface area contributed by atoms with Gasteiger partial charge in [0.2, 0.25) is 5.78 Å². The first-order valence-electron chi connectivity index (χ1n) is 6.31. The molecule has 3 rings (SSSR count). The molecule has 5 heteroatoms. The van der Waals surface area contributed by atoms with Gasteiger partial charge in [-0.2, -0.15) is 0 Å². The summed E-state index contributed by atoms with van der Waals surface area (Å²) in [7, 11) is 0. The van der Waals surface area contributed by atoms with Crippen LogP contribution in [0.3, 0.4) is 0 Å². The molecular weight excluding hydrogens is 278 g/mol. The van der Waals surface area contributed by atoms with Crippen LogP contribution in [0.5, 0.6) is 0 Å². The SMILES string of the molecule is [CH2]CCC(Cl)(Cl)C(=O)[C]1OC2CCC1CC2CF. The Balaban J connectivity index is 2.05. The number of hydrogen-bond donors (Lipinski definition) is 0. The quantitative estimate of drug-likeness (QED) is 0.724. The van der Waals surface area contributed by atoms with E-state index in [0.29, 0.717) is 25.4 Å². The van der Waals surface area contributed by atoms with E-state index in [9.17, 15) is 9.18 Å². The lowest BCUT2D eigenvalue weighted by Gasteiger charge is -2.46. The molecule has 3 fully saturated rings. The smallest absolute Gasteiger partial charge is 0.204 e. The molecule has 2 bridgehead atoms. The minimum Gasteiger partial charge on any atom is -0.360 e. The third-order valence-corrected chi connectivity index (χ3v) is 4.53. The monoisotopic (exact) mass is 294 g/mol. The lowest BCUT2D eigenvalue weighted by molar-refractivity contribution is -0.144. The van der Waals surface area contributed by atoms with Crippen LogP contribution in [-0.4, -0.2) is 22.9 Å². The number of carbonyl (C=O) groups is 1. The van der Waals surface area contributed by atoms with E-state index in [2.05, 4.69) is 6.92 Å². The van der Waals surface area contributed by atoms with Crippen LogP contribution in [-0.2, 0) is 9.53 Å². The van der Waals surface area contributed by atoms with Gasteiger partial charge in [0.15, 0.2) is 10.4 Å². The van der Waals surface area contributed by atoms with Crippen molar-refractivity contribution in [2.24, 2.45) is 11.8 Å². The summed E-state index contributed by atoms with van der Waals surface area (Å²) >= 11 is 12.1. The Morgan fingerprint density at radius 3 is 2.72 bits per heavy atom. The maximum atomic E-state index is 12.8. The maximum absolute atomic E-state index is 12.8. The Kier molecular flexibility index (Phi) is 4.56. The van der Waals surface area contributed by atoms with Crippen molar-refractivity contribution >= 4 is 29.0 Å². The van der Waals surface area contributed by atoms with Crippen LogP contribution in [0.25, 0.3) is 0 Å². The number of Topliss-reactive ketones (excluding diaryl/α,β-unsaturated/α-hetero) is 1. The first-order valence-corrected chi connectivity index (χ1v) is 7.06. The highest BCUT2D eigenvalue weighted by molar-refractivity contribution is 6.59. The van der Waals surface area contributed by atoms with Gasteiger partial charge in [0, 0.05) is 5.92 Å². The summed E-state index contributed by atoms with van der Waals surface area (Å²) in [6.45, 7) is 3.26. The Bertz CT molecular complexity index is 322. The fourth-order valence-electron chi connectivity index (χ4n) is 2.81. The first-order chi connectivity index (χ1) is 8.49. The number of rotatable bonds is 5. The molecule has 0 N–H and O–H groups in total. The Hall–Kier alpha value is 0.140. The molecule has 2 saturated heterocycles. The molecule has 0 aromatic carbocycles. The Morgan fingerprint density at radius 2 is 2.22 bits per heavy atom. The van der Waals surface area contributed by atoms with Gasteiger partial charge < -0.3 is 4.74 Å². The van der Waals surface area contributed by atoms with Crippen molar-refractivity contribution in [1.82, 2.24) is 0 Å². The zero-order chi connectivity index (χ0) is 13.3. The predicted molar refractivity (Wildman–Crippen MR) is 69.0 cm³/mol. The number of hydrogen-bond acceptors (Lipinski definition) is 2. The third kappa shape index (κ3) is 2.68. The van der Waals surface area contributed by atoms with Gasteiger partial charge in [-0.1, -0.05) is 30.1 Å². The van der Waals surface area contributed by atoms with E-state index in [0.717, 1.165) is 12.8 Å². The van der Waals surface area contributed by atoms with Crippen molar-refractivity contribution in [2.45, 2.75) is 42.5 Å². The molecule has 0 spiro atoms. The molecule has 2 radical (unpaired) electrons. The van der Waals surface area contributed by atoms with Gasteiger partial charge in [0.25, 0.3) is 0 Å². The number of carbonyl (C=O) groups excluding carboxylic acids is 1. The molecule has 2 nitrogen and oxygen atoms in total. The summed E-state index contributed by atoms with van der Waals surface area (Å²) in [4.78, 5) is 12.2. The van der Waals surface area contributed by atoms with Crippen molar-refractivity contribution < 1.29 is 13.9 Å². The second-order valence-corrected chi connectivity index (χ2v) is 6.57. The van der Waals surface area contributed by atoms with E-state index in [4.69, 9.17) is 27.9 Å². The average Bonchev–Trinajstić information content (AvgIpc) is 2.38. The number of ether oxygens (including phenoxy) is 1. The highest BCUT2D eigenvalue weighted by Crippen LogP contribution is 2.48. The topological polar surface area (TPSA) is 26.3 Å². The van der Waals surface area contributed by atoms with Crippen LogP contribution >= 0.6 is 23.2 Å². The lowest BCUT2D eigenvalue weighted by Crippen LogP contribution is -2.49. The van der Waals surface area contributed by atoms with Gasteiger partial charge in [0.05, 0.1) is 12.8 Å². The van der Waals surface area contributed by atoms with Gasteiger partial charge in [-0.25, -0.2) is 0 Å². The summed E-state index contributed by atoms with van der Waals surface area (Å²) < 4.78 is 16.9. The normalized spacial score (nSPS) is 32.8. The minimum absolute atomic E-state index is 0.0232. The van der Waals surface area contributed by atoms with E-state index in [1.165, 1.54) is 0 Å². The predicted octanol–water partition coefficient (Wildman–Crippen LogP) is 3.66. The highest BCUT2D eigenvalue weighted by Gasteiger charge is 2.51. The molecule has 0 amide bonds. The van der Waals surface area contributed by atoms with Gasteiger partial charge in [0.1, 0.15) is 0 Å². The zero-order valence-corrected chi connectivity index (χ0v) is 11.6. The fraction of sp³-hybridized carbons (Fsp3) is 0.769. The second kappa shape index (κ2) is 5.64. The molecule has 102 valence electrons. The van der Waals surface area contributed by atoms with E-state index in [1.807, 2.05) is 0 Å². The van der Waals surface area contributed by atoms with Gasteiger partial charge in [-0.15, -0.1) is 0 Å². The largest absolute Gasteiger partial charge is 0.360 e. The standard InChI is InChI=1S/C13H17Cl2FO2/c1-2-5-13(14,15)12(17)11-8-3-4-10(18-11)9(6-8)7-16/h8-10H,1-7H2. The van der Waals surface area contributed by atoms with Crippen LogP contribution < -0.4 is 0 Å². The maximum Gasteiger partial charge on any atom is 0.204 e. The summed E-state index contributed by atoms with van der Waals surface area (Å²) in [5.74, 6) is -0.473. The van der Waals surface area contributed by atoms with Crippen LogP contribution in [0.15, 0.2) is 0 Å². The molecular formula is C13H17Cl2FO2. The number of alkyl halides is 3. The van der Waals surface area contributed by atoms with Gasteiger partial charge in [-0.3, -0.25) is 9.18 Å². The van der Waals surface area contributed by atoms with Crippen LogP contribution in [0.2, 0.25) is 0 Å². The van der Waals surface area contributed by atoms with E-state index in [1.54, 1.807) is 0 Å². The molecule has 1 saturated carbocycles. The summed E-state index contributed by atoms with van der Waals surface area (Å²) in [6.07, 6.45) is 3.27. The molecule has 2 heterocycles. The van der Waals surface area contributed by atoms with E-state index in [-0.39, 0.29) is 23.7 Å². The third-order valence-electron chi connectivity index (χ3n) is 3.81. The Labute approximate surface area is 117 Å². The second-order valence-electron chi connectivity index (χ2n) is 5.08. The lowest BCUT2D eigenvalue weighted by atomic mass is 9.73. The van der Waals surface area contributed by atoms with Crippen LogP contribution in [0.4, 0.5) is 4.39 Å². The molecule has 3 unspecified atom stereocenters. The molecule has 0 aromatic rings. The summed E-state index contributed by atoms with van der Waals surface area (Å²) in [5, 5.41) is 0. The highest BCUT2D eigenvalue weighted by atomic mass is 35.5. The van der Waals surface area contributed by atoms with Crippen molar-refractivity contribution in [3.8, 4) is 0 Å². The number of halogens is 3. The molecule has 18 heavy (non-hydrogen) atoms. The number of fused-ring (bicyclic) bond motifs is 3. The Morgan fingerprint density at radius 1 is 1.50 bits per heavy atom. The minimum atomic E-state index is -1.46. The molecule has 2 aliphatic heterocycles. The zero-order valence-electron chi connectivity index (χ0n) is 10.1. The molecule has 0 aromatic heterocycles. The van der Waals surface area contributed by atoms with Crippen molar-refractivity contribution in [3.63, 3.8) is 0 Å². The average molecular weight is 295 g/mol. The molecule has 1 aliphatic carbocycles. The molecule has 3 atom stereocenters. The fourth-order valence-corrected chi connectivity index (χ4v) is 3.26. The van der Waals surface area contributed by atoms with E-state index >= 15 is 0 Å². The first kappa shape index (κ1) is 14.5. The summed E-state index contributed by atoms with van der Waals surface area (Å²) in [6, 6.07) is 0. The van der Waals surface area contributed by atoms with E-state index < -0.39 is 11.0 Å². The van der Waals surface area contributed by atoms with Gasteiger partial charge >= 0.3 is 0 Å². The summed E-state index contributed by atoms with van der Waals surface area (Å²) in [5.41, 5.74) is 0. The van der Waals surface area contributed by atoms with Crippen LogP contribution in [0.1, 0.15) is 32.1 Å². The molecule has 3 aliphatic rings. The van der Waals surface area contributed by atoms with Crippen LogP contribution in [0, 0.1) is 24.9 Å². The van der Waals surface area contributed by atoms with Crippen molar-refractivity contribution in [1.29, 1.82) is 0 Å². The number of ketones is 1. The van der Waals surface area contributed by atoms with Crippen molar-refractivity contribution in [2.75, 3.05) is 6.67 Å². The van der Waals surface area contributed by atoms with Crippen molar-refractivity contribution in [3.05, 3.63) is 13.0 Å².